The number of hydrogen-bond acceptors (Lipinski definition) is 5. The van der Waals surface area contributed by atoms with Gasteiger partial charge in [0, 0.05) is 17.0 Å². The van der Waals surface area contributed by atoms with Crippen LogP contribution in [0.15, 0.2) is 47.9 Å². The van der Waals surface area contributed by atoms with Gasteiger partial charge in [-0.3, -0.25) is 9.69 Å². The lowest BCUT2D eigenvalue weighted by atomic mass is 10.0. The number of anilines is 1. The summed E-state index contributed by atoms with van der Waals surface area (Å²) in [5.74, 6) is 0.542. The van der Waals surface area contributed by atoms with Gasteiger partial charge in [0.1, 0.15) is 11.5 Å². The van der Waals surface area contributed by atoms with Crippen LogP contribution in [0, 0.1) is 13.8 Å². The van der Waals surface area contributed by atoms with Crippen molar-refractivity contribution in [3.8, 4) is 11.5 Å². The second-order valence-electron chi connectivity index (χ2n) is 6.74. The average Bonchev–Trinajstić information content (AvgIpc) is 3.03. The van der Waals surface area contributed by atoms with Crippen LogP contribution in [0.5, 0.6) is 11.5 Å². The summed E-state index contributed by atoms with van der Waals surface area (Å²) in [4.78, 5) is 14.9. The molecule has 0 aliphatic carbocycles. The Morgan fingerprint density at radius 3 is 2.36 bits per heavy atom. The molecule has 1 aliphatic rings. The molecule has 0 fully saturated rings. The van der Waals surface area contributed by atoms with E-state index in [1.165, 1.54) is 18.1 Å². The fourth-order valence-electron chi connectivity index (χ4n) is 3.16. The summed E-state index contributed by atoms with van der Waals surface area (Å²) in [7, 11) is -0.313. The van der Waals surface area contributed by atoms with Gasteiger partial charge in [0.05, 0.1) is 31.7 Å². The summed E-state index contributed by atoms with van der Waals surface area (Å²) < 4.78 is 34.7. The van der Waals surface area contributed by atoms with E-state index in [2.05, 4.69) is 0 Å². The molecule has 2 aromatic rings. The Balaban J connectivity index is 2.12. The van der Waals surface area contributed by atoms with Gasteiger partial charge in [0.15, 0.2) is 9.84 Å². The Morgan fingerprint density at radius 1 is 1.04 bits per heavy atom. The number of carbonyl (C=O) groups excluding carboxylic acids is 1. The molecule has 28 heavy (non-hydrogen) atoms. The molecule has 1 amide bonds. The fourth-order valence-corrected chi connectivity index (χ4v) is 4.42. The molecule has 148 valence electrons. The number of ether oxygens (including phenoxy) is 2. The van der Waals surface area contributed by atoms with E-state index >= 15 is 0 Å². The Kier molecular flexibility index (Phi) is 5.47. The van der Waals surface area contributed by atoms with Crippen molar-refractivity contribution >= 4 is 21.4 Å². The molecule has 0 saturated carbocycles. The first kappa shape index (κ1) is 19.9. The number of amides is 1. The van der Waals surface area contributed by atoms with Crippen LogP contribution in [0.1, 0.15) is 21.5 Å². The van der Waals surface area contributed by atoms with Gasteiger partial charge in [-0.2, -0.15) is 0 Å². The minimum absolute atomic E-state index is 0.168. The average molecular weight is 401 g/mol. The smallest absolute Gasteiger partial charge is 0.258 e. The maximum atomic E-state index is 13.4. The zero-order valence-electron chi connectivity index (χ0n) is 16.3. The van der Waals surface area contributed by atoms with Gasteiger partial charge >= 0.3 is 0 Å². The van der Waals surface area contributed by atoms with E-state index in [4.69, 9.17) is 9.47 Å². The third-order valence-corrected chi connectivity index (χ3v) is 6.24. The molecule has 2 aromatic carbocycles. The maximum Gasteiger partial charge on any atom is 0.258 e. The normalized spacial score (nSPS) is 17.4. The van der Waals surface area contributed by atoms with E-state index in [0.29, 0.717) is 22.7 Å². The maximum absolute atomic E-state index is 13.4. The van der Waals surface area contributed by atoms with Crippen LogP contribution < -0.4 is 14.4 Å². The van der Waals surface area contributed by atoms with E-state index in [1.54, 1.807) is 31.4 Å². The topological polar surface area (TPSA) is 72.9 Å². The molecule has 0 bridgehead atoms. The summed E-state index contributed by atoms with van der Waals surface area (Å²) >= 11 is 0. The van der Waals surface area contributed by atoms with E-state index in [0.717, 1.165) is 16.5 Å². The van der Waals surface area contributed by atoms with Crippen molar-refractivity contribution in [2.24, 2.45) is 0 Å². The number of sulfone groups is 1. The first-order valence-electron chi connectivity index (χ1n) is 8.79. The van der Waals surface area contributed by atoms with E-state index in [-0.39, 0.29) is 11.7 Å². The van der Waals surface area contributed by atoms with Crippen molar-refractivity contribution in [2.45, 2.75) is 19.9 Å². The predicted molar refractivity (Wildman–Crippen MR) is 109 cm³/mol. The fraction of sp³-hybridized carbons (Fsp3) is 0.286. The largest absolute Gasteiger partial charge is 0.497 e. The van der Waals surface area contributed by atoms with Gasteiger partial charge in [-0.05, 0) is 55.3 Å². The van der Waals surface area contributed by atoms with Gasteiger partial charge in [0.25, 0.3) is 5.91 Å². The van der Waals surface area contributed by atoms with Crippen LogP contribution in [-0.4, -0.2) is 40.3 Å². The SMILES string of the molecule is COc1ccc(N(C(=O)c2ccc(C)c(C)c2)[C@H]2C=CS(=O)(=O)C2)c(OC)c1. The highest BCUT2D eigenvalue weighted by molar-refractivity contribution is 7.94. The van der Waals surface area contributed by atoms with Crippen molar-refractivity contribution in [2.75, 3.05) is 24.9 Å². The van der Waals surface area contributed by atoms with Crippen LogP contribution in [0.2, 0.25) is 0 Å². The van der Waals surface area contributed by atoms with Gasteiger partial charge in [-0.15, -0.1) is 0 Å². The minimum Gasteiger partial charge on any atom is -0.497 e. The van der Waals surface area contributed by atoms with Gasteiger partial charge < -0.3 is 9.47 Å². The molecule has 1 atom stereocenters. The van der Waals surface area contributed by atoms with Crippen LogP contribution in [0.3, 0.4) is 0 Å². The molecule has 1 aliphatic heterocycles. The highest BCUT2D eigenvalue weighted by atomic mass is 32.2. The molecule has 0 aromatic heterocycles. The summed E-state index contributed by atoms with van der Waals surface area (Å²) in [6.45, 7) is 3.91. The molecular formula is C21H23NO5S. The summed E-state index contributed by atoms with van der Waals surface area (Å²) in [6.07, 6.45) is 1.54. The molecular weight excluding hydrogens is 378 g/mol. The molecule has 0 unspecified atom stereocenters. The Bertz CT molecular complexity index is 1040. The van der Waals surface area contributed by atoms with Crippen molar-refractivity contribution in [3.63, 3.8) is 0 Å². The van der Waals surface area contributed by atoms with Crippen molar-refractivity contribution in [3.05, 3.63) is 64.6 Å². The minimum atomic E-state index is -3.35. The predicted octanol–water partition coefficient (Wildman–Crippen LogP) is 3.28. The third kappa shape index (κ3) is 3.89. The monoisotopic (exact) mass is 401 g/mol. The Hall–Kier alpha value is -2.80. The number of methoxy groups -OCH3 is 2. The molecule has 3 rings (SSSR count). The zero-order chi connectivity index (χ0) is 20.5. The first-order valence-corrected chi connectivity index (χ1v) is 10.5. The standard InChI is InChI=1S/C21H23NO5S/c1-14-5-6-16(11-15(14)2)21(23)22(17-9-10-28(24,25)13-17)19-8-7-18(26-3)12-20(19)27-4/h5-12,17H,13H2,1-4H3/t17-/m0/s1. The lowest BCUT2D eigenvalue weighted by Crippen LogP contribution is -2.41. The highest BCUT2D eigenvalue weighted by Crippen LogP contribution is 2.36. The Morgan fingerprint density at radius 2 is 1.79 bits per heavy atom. The van der Waals surface area contributed by atoms with Crippen molar-refractivity contribution in [1.29, 1.82) is 0 Å². The third-order valence-electron chi connectivity index (χ3n) is 4.86. The second-order valence-corrected chi connectivity index (χ2v) is 8.67. The molecule has 1 heterocycles. The van der Waals surface area contributed by atoms with Gasteiger partial charge in [-0.1, -0.05) is 6.07 Å². The summed E-state index contributed by atoms with van der Waals surface area (Å²) in [5, 5.41) is 1.16. The molecule has 0 saturated heterocycles. The van der Waals surface area contributed by atoms with Gasteiger partial charge in [0.2, 0.25) is 0 Å². The number of benzene rings is 2. The quantitative estimate of drug-likeness (QED) is 0.769. The number of hydrogen-bond donors (Lipinski definition) is 0. The molecule has 7 heteroatoms. The number of carbonyl (C=O) groups is 1. The van der Waals surface area contributed by atoms with Crippen LogP contribution >= 0.6 is 0 Å². The van der Waals surface area contributed by atoms with Crippen molar-refractivity contribution < 1.29 is 22.7 Å². The van der Waals surface area contributed by atoms with E-state index < -0.39 is 15.9 Å². The summed E-state index contributed by atoms with van der Waals surface area (Å²) in [6, 6.07) is 9.91. The van der Waals surface area contributed by atoms with Crippen LogP contribution in [0.4, 0.5) is 5.69 Å². The molecule has 6 nitrogen and oxygen atoms in total. The van der Waals surface area contributed by atoms with E-state index in [9.17, 15) is 13.2 Å². The Labute approximate surface area is 165 Å². The number of rotatable bonds is 5. The van der Waals surface area contributed by atoms with Crippen LogP contribution in [-0.2, 0) is 9.84 Å². The van der Waals surface area contributed by atoms with Crippen molar-refractivity contribution in [1.82, 2.24) is 0 Å². The van der Waals surface area contributed by atoms with Gasteiger partial charge in [-0.25, -0.2) is 8.42 Å². The first-order chi connectivity index (χ1) is 13.3. The number of aryl methyl sites for hydroxylation is 2. The second kappa shape index (κ2) is 7.67. The summed E-state index contributed by atoms with van der Waals surface area (Å²) in [5.41, 5.74) is 3.03. The molecule has 0 spiro atoms. The lowest BCUT2D eigenvalue weighted by Gasteiger charge is -2.29. The molecule has 0 radical (unpaired) electrons. The van der Waals surface area contributed by atoms with Crippen LogP contribution in [0.25, 0.3) is 0 Å². The number of nitrogens with zero attached hydrogens (tertiary/aromatic N) is 1. The molecule has 0 N–H and O–H groups in total. The van der Waals surface area contributed by atoms with E-state index in [1.807, 2.05) is 26.0 Å². The zero-order valence-corrected chi connectivity index (χ0v) is 17.1. The lowest BCUT2D eigenvalue weighted by molar-refractivity contribution is 0.0982. The highest BCUT2D eigenvalue weighted by Gasteiger charge is 2.33.